The highest BCUT2D eigenvalue weighted by Gasteiger charge is 2.14. The molecule has 2 heterocycles. The van der Waals surface area contributed by atoms with Crippen LogP contribution in [0, 0.1) is 0 Å². The molecule has 0 unspecified atom stereocenters. The smallest absolute Gasteiger partial charge is 0.254 e. The second-order valence-corrected chi connectivity index (χ2v) is 5.59. The summed E-state index contributed by atoms with van der Waals surface area (Å²) in [5.74, 6) is -0.223. The largest absolute Gasteiger partial charge is 0.444 e. The van der Waals surface area contributed by atoms with Crippen molar-refractivity contribution in [3.05, 3.63) is 67.6 Å². The van der Waals surface area contributed by atoms with E-state index in [0.29, 0.717) is 27.9 Å². The number of carbonyl (C=O) groups is 1. The summed E-state index contributed by atoms with van der Waals surface area (Å²) in [5, 5.41) is 1.20. The van der Waals surface area contributed by atoms with Gasteiger partial charge in [0.2, 0.25) is 11.1 Å². The summed E-state index contributed by atoms with van der Waals surface area (Å²) in [7, 11) is 0. The number of aromatic amines is 1. The lowest BCUT2D eigenvalue weighted by Crippen LogP contribution is -2.21. The number of H-pyrrole nitrogens is 1. The van der Waals surface area contributed by atoms with Crippen LogP contribution in [0.25, 0.3) is 11.1 Å². The van der Waals surface area contributed by atoms with E-state index in [1.165, 1.54) is 6.20 Å². The van der Waals surface area contributed by atoms with Crippen LogP contribution in [0.1, 0.15) is 21.7 Å². The van der Waals surface area contributed by atoms with Gasteiger partial charge in [0, 0.05) is 12.6 Å². The maximum absolute atomic E-state index is 12.1. The number of nitrogens with two attached hydrogens (primary N) is 1. The number of hydrogen-bond acceptors (Lipinski definition) is 3. The summed E-state index contributed by atoms with van der Waals surface area (Å²) in [4.78, 5) is 26.0. The van der Waals surface area contributed by atoms with Crippen molar-refractivity contribution in [1.82, 2.24) is 4.98 Å². The number of nitrogens with one attached hydrogen (secondary N) is 1. The predicted molar refractivity (Wildman–Crippen MR) is 84.6 cm³/mol. The molecule has 0 bridgehead atoms. The first kappa shape index (κ1) is 14.7. The fourth-order valence-corrected chi connectivity index (χ4v) is 2.51. The number of amides is 1. The van der Waals surface area contributed by atoms with E-state index in [9.17, 15) is 9.59 Å². The van der Waals surface area contributed by atoms with Crippen LogP contribution in [0.2, 0.25) is 10.0 Å². The van der Waals surface area contributed by atoms with Gasteiger partial charge in [-0.15, -0.1) is 0 Å². The van der Waals surface area contributed by atoms with Crippen LogP contribution >= 0.6 is 23.2 Å². The Morgan fingerprint density at radius 1 is 1.23 bits per heavy atom. The number of pyridine rings is 1. The molecule has 0 aliphatic carbocycles. The zero-order chi connectivity index (χ0) is 15.9. The van der Waals surface area contributed by atoms with E-state index in [1.807, 2.05) is 6.07 Å². The first-order valence-electron chi connectivity index (χ1n) is 6.33. The van der Waals surface area contributed by atoms with Crippen molar-refractivity contribution in [1.29, 1.82) is 0 Å². The first-order chi connectivity index (χ1) is 10.5. The minimum atomic E-state index is -0.782. The van der Waals surface area contributed by atoms with Gasteiger partial charge in [-0.1, -0.05) is 29.3 Å². The Labute approximate surface area is 134 Å². The topological polar surface area (TPSA) is 89.1 Å². The van der Waals surface area contributed by atoms with Gasteiger partial charge in [-0.05, 0) is 23.8 Å². The predicted octanol–water partition coefficient (Wildman–Crippen LogP) is 3.12. The highest BCUT2D eigenvalue weighted by molar-refractivity contribution is 6.42. The number of primary amides is 1. The lowest BCUT2D eigenvalue weighted by atomic mass is 10.1. The Morgan fingerprint density at radius 3 is 2.68 bits per heavy atom. The van der Waals surface area contributed by atoms with Crippen molar-refractivity contribution < 1.29 is 9.21 Å². The third-order valence-corrected chi connectivity index (χ3v) is 3.99. The van der Waals surface area contributed by atoms with Crippen LogP contribution in [0.5, 0.6) is 0 Å². The van der Waals surface area contributed by atoms with Crippen LogP contribution in [0.4, 0.5) is 0 Å². The highest BCUT2D eigenvalue weighted by Crippen LogP contribution is 2.25. The van der Waals surface area contributed by atoms with Gasteiger partial charge < -0.3 is 15.1 Å². The van der Waals surface area contributed by atoms with Gasteiger partial charge in [-0.2, -0.15) is 0 Å². The zero-order valence-electron chi connectivity index (χ0n) is 11.2. The van der Waals surface area contributed by atoms with E-state index in [-0.39, 0.29) is 10.9 Å². The molecule has 3 rings (SSSR count). The van der Waals surface area contributed by atoms with Crippen LogP contribution in [-0.4, -0.2) is 10.9 Å². The first-order valence-corrected chi connectivity index (χ1v) is 7.09. The molecule has 0 fully saturated rings. The summed E-state index contributed by atoms with van der Waals surface area (Å²) in [6, 6.07) is 6.83. The molecule has 0 aliphatic heterocycles. The Balaban J connectivity index is 2.02. The molecule has 0 atom stereocenters. The van der Waals surface area contributed by atoms with E-state index in [1.54, 1.807) is 18.2 Å². The SMILES string of the molecule is NC(=O)c1c[nH]c2oc(Cc3ccc(Cl)c(Cl)c3)cc2c1=O. The molecule has 112 valence electrons. The number of furan rings is 1. The maximum Gasteiger partial charge on any atom is 0.254 e. The number of fused-ring (bicyclic) bond motifs is 1. The molecule has 7 heteroatoms. The van der Waals surface area contributed by atoms with E-state index in [4.69, 9.17) is 33.4 Å². The van der Waals surface area contributed by atoms with E-state index in [2.05, 4.69) is 4.98 Å². The minimum Gasteiger partial charge on any atom is -0.444 e. The molecule has 22 heavy (non-hydrogen) atoms. The Bertz CT molecular complexity index is 944. The number of hydrogen-bond donors (Lipinski definition) is 2. The van der Waals surface area contributed by atoms with Crippen LogP contribution in [0.3, 0.4) is 0 Å². The number of carbonyl (C=O) groups excluding carboxylic acids is 1. The normalized spacial score (nSPS) is 11.0. The van der Waals surface area contributed by atoms with E-state index in [0.717, 1.165) is 5.56 Å². The molecule has 3 aromatic rings. The van der Waals surface area contributed by atoms with Crippen molar-refractivity contribution in [2.75, 3.05) is 0 Å². The highest BCUT2D eigenvalue weighted by atomic mass is 35.5. The summed E-state index contributed by atoms with van der Waals surface area (Å²) >= 11 is 11.8. The van der Waals surface area contributed by atoms with Crippen LogP contribution < -0.4 is 11.2 Å². The van der Waals surface area contributed by atoms with Gasteiger partial charge in [0.05, 0.1) is 15.4 Å². The lowest BCUT2D eigenvalue weighted by molar-refractivity contribution is 0.0999. The van der Waals surface area contributed by atoms with Crippen LogP contribution in [0.15, 0.2) is 39.7 Å². The standard InChI is InChI=1S/C15H10Cl2N2O3/c16-11-2-1-7(4-12(11)17)3-8-5-9-13(20)10(14(18)21)6-19-15(9)22-8/h1-2,4-6H,3H2,(H2,18,21)(H,19,20). The van der Waals surface area contributed by atoms with E-state index < -0.39 is 11.3 Å². The molecule has 1 aromatic carbocycles. The molecule has 5 nitrogen and oxygen atoms in total. The molecule has 0 aliphatic rings. The van der Waals surface area contributed by atoms with Gasteiger partial charge >= 0.3 is 0 Å². The fourth-order valence-electron chi connectivity index (χ4n) is 2.19. The fraction of sp³-hybridized carbons (Fsp3) is 0.0667. The molecule has 2 aromatic heterocycles. The van der Waals surface area contributed by atoms with Crippen molar-refractivity contribution in [2.24, 2.45) is 5.73 Å². The molecule has 3 N–H and O–H groups in total. The molecular weight excluding hydrogens is 327 g/mol. The zero-order valence-corrected chi connectivity index (χ0v) is 12.7. The third-order valence-electron chi connectivity index (χ3n) is 3.25. The third kappa shape index (κ3) is 2.61. The quantitative estimate of drug-likeness (QED) is 0.769. The number of halogens is 2. The van der Waals surface area contributed by atoms with E-state index >= 15 is 0 Å². The van der Waals surface area contributed by atoms with Gasteiger partial charge in [0.1, 0.15) is 11.3 Å². The monoisotopic (exact) mass is 336 g/mol. The number of benzene rings is 1. The van der Waals surface area contributed by atoms with Crippen molar-refractivity contribution >= 4 is 40.2 Å². The molecule has 1 amide bonds. The molecular formula is C15H10Cl2N2O3. The van der Waals surface area contributed by atoms with Gasteiger partial charge in [0.15, 0.2) is 0 Å². The average Bonchev–Trinajstić information content (AvgIpc) is 2.86. The molecule has 0 saturated heterocycles. The Hall–Kier alpha value is -2.24. The summed E-state index contributed by atoms with van der Waals surface area (Å²) in [6.45, 7) is 0. The van der Waals surface area contributed by atoms with Crippen LogP contribution in [-0.2, 0) is 6.42 Å². The van der Waals surface area contributed by atoms with Gasteiger partial charge in [0.25, 0.3) is 5.91 Å². The Morgan fingerprint density at radius 2 is 2.00 bits per heavy atom. The minimum absolute atomic E-state index is 0.102. The van der Waals surface area contributed by atoms with Crippen molar-refractivity contribution in [3.63, 3.8) is 0 Å². The maximum atomic E-state index is 12.1. The number of rotatable bonds is 3. The summed E-state index contributed by atoms with van der Waals surface area (Å²) in [6.07, 6.45) is 1.68. The summed E-state index contributed by atoms with van der Waals surface area (Å²) in [5.41, 5.74) is 5.78. The molecule has 0 saturated carbocycles. The van der Waals surface area contributed by atoms with Crippen molar-refractivity contribution in [3.8, 4) is 0 Å². The lowest BCUT2D eigenvalue weighted by Gasteiger charge is -2.00. The molecule has 0 radical (unpaired) electrons. The van der Waals surface area contributed by atoms with Crippen molar-refractivity contribution in [2.45, 2.75) is 6.42 Å². The van der Waals surface area contributed by atoms with Gasteiger partial charge in [-0.25, -0.2) is 0 Å². The van der Waals surface area contributed by atoms with Gasteiger partial charge in [-0.3, -0.25) is 9.59 Å². The Kier molecular flexibility index (Phi) is 3.68. The second kappa shape index (κ2) is 5.51. The summed E-state index contributed by atoms with van der Waals surface area (Å²) < 4.78 is 5.57. The number of aromatic nitrogens is 1. The molecule has 0 spiro atoms. The second-order valence-electron chi connectivity index (χ2n) is 4.78. The average molecular weight is 337 g/mol.